The van der Waals surface area contributed by atoms with Crippen LogP contribution in [-0.2, 0) is 13.0 Å². The quantitative estimate of drug-likeness (QED) is 0.849. The van der Waals surface area contributed by atoms with E-state index in [1.807, 2.05) is 19.9 Å². The van der Waals surface area contributed by atoms with Crippen molar-refractivity contribution in [2.75, 3.05) is 6.54 Å². The van der Waals surface area contributed by atoms with E-state index in [1.54, 1.807) is 4.68 Å². The average molecular weight is 298 g/mol. The van der Waals surface area contributed by atoms with Crippen LogP contribution in [0.2, 0.25) is 0 Å². The van der Waals surface area contributed by atoms with Crippen LogP contribution in [0.3, 0.4) is 0 Å². The average Bonchev–Trinajstić information content (AvgIpc) is 2.88. The lowest BCUT2D eigenvalue weighted by Crippen LogP contribution is -2.33. The Morgan fingerprint density at radius 2 is 2.30 bits per heavy atom. The van der Waals surface area contributed by atoms with Gasteiger partial charge in [-0.25, -0.2) is 0 Å². The van der Waals surface area contributed by atoms with Gasteiger partial charge in [-0.1, -0.05) is 13.3 Å². The molecule has 1 aromatic heterocycles. The molecule has 0 radical (unpaired) electrons. The first-order valence-corrected chi connectivity index (χ1v) is 8.06. The number of alkyl halides is 1. The molecule has 0 bridgehead atoms. The summed E-state index contributed by atoms with van der Waals surface area (Å²) in [6.07, 6.45) is 5.30. The number of amides is 1. The van der Waals surface area contributed by atoms with E-state index in [4.69, 9.17) is 11.6 Å². The zero-order valence-corrected chi connectivity index (χ0v) is 13.1. The normalized spacial score (nSPS) is 22.8. The maximum atomic E-state index is 12.3. The van der Waals surface area contributed by atoms with Gasteiger partial charge in [-0.15, -0.1) is 11.6 Å². The van der Waals surface area contributed by atoms with E-state index < -0.39 is 0 Å². The third-order valence-corrected chi connectivity index (χ3v) is 4.39. The second-order valence-corrected chi connectivity index (χ2v) is 6.15. The van der Waals surface area contributed by atoms with Crippen LogP contribution >= 0.6 is 11.6 Å². The van der Waals surface area contributed by atoms with Gasteiger partial charge in [-0.05, 0) is 44.6 Å². The van der Waals surface area contributed by atoms with Crippen molar-refractivity contribution >= 4 is 17.5 Å². The Bertz CT molecular complexity index is 458. The summed E-state index contributed by atoms with van der Waals surface area (Å²) < 4.78 is 1.78. The van der Waals surface area contributed by atoms with E-state index in [1.165, 1.54) is 6.42 Å². The Morgan fingerprint density at radius 1 is 1.50 bits per heavy atom. The van der Waals surface area contributed by atoms with E-state index in [9.17, 15) is 4.79 Å². The smallest absolute Gasteiger partial charge is 0.269 e. The van der Waals surface area contributed by atoms with Crippen LogP contribution in [0.1, 0.15) is 55.7 Å². The van der Waals surface area contributed by atoms with Crippen LogP contribution in [0, 0.1) is 5.92 Å². The predicted molar refractivity (Wildman–Crippen MR) is 81.2 cm³/mol. The molecule has 1 amide bonds. The summed E-state index contributed by atoms with van der Waals surface area (Å²) in [5, 5.41) is 7.73. The number of aromatic nitrogens is 2. The van der Waals surface area contributed by atoms with Gasteiger partial charge in [-0.2, -0.15) is 5.10 Å². The molecule has 2 rings (SSSR count). The maximum absolute atomic E-state index is 12.3. The Balaban J connectivity index is 1.92. The summed E-state index contributed by atoms with van der Waals surface area (Å²) >= 11 is 6.19. The van der Waals surface area contributed by atoms with Gasteiger partial charge in [0.15, 0.2) is 0 Å². The zero-order valence-electron chi connectivity index (χ0n) is 12.4. The number of nitrogens with one attached hydrogen (secondary N) is 1. The topological polar surface area (TPSA) is 46.9 Å². The van der Waals surface area contributed by atoms with Crippen molar-refractivity contribution in [3.8, 4) is 0 Å². The number of hydrogen-bond donors (Lipinski definition) is 1. The number of aryl methyl sites for hydroxylation is 2. The summed E-state index contributed by atoms with van der Waals surface area (Å²) in [5.41, 5.74) is 1.64. The second-order valence-electron chi connectivity index (χ2n) is 5.53. The molecule has 1 aliphatic carbocycles. The van der Waals surface area contributed by atoms with Gasteiger partial charge in [0.05, 0.1) is 5.69 Å². The minimum Gasteiger partial charge on any atom is -0.350 e. The molecule has 1 N–H and O–H groups in total. The molecule has 1 aromatic rings. The molecular formula is C15H24ClN3O. The minimum atomic E-state index is -0.0178. The van der Waals surface area contributed by atoms with Crippen molar-refractivity contribution in [1.82, 2.24) is 15.1 Å². The molecule has 112 valence electrons. The molecule has 20 heavy (non-hydrogen) atoms. The fourth-order valence-corrected chi connectivity index (χ4v) is 3.21. The van der Waals surface area contributed by atoms with Gasteiger partial charge in [0, 0.05) is 18.5 Å². The molecule has 0 aliphatic heterocycles. The molecule has 4 nitrogen and oxygen atoms in total. The van der Waals surface area contributed by atoms with E-state index >= 15 is 0 Å². The monoisotopic (exact) mass is 297 g/mol. The number of carbonyl (C=O) groups is 1. The van der Waals surface area contributed by atoms with Gasteiger partial charge < -0.3 is 5.32 Å². The molecular weight excluding hydrogens is 274 g/mol. The van der Waals surface area contributed by atoms with Crippen molar-refractivity contribution in [3.63, 3.8) is 0 Å². The molecule has 2 unspecified atom stereocenters. The third kappa shape index (κ3) is 3.75. The van der Waals surface area contributed by atoms with Crippen molar-refractivity contribution < 1.29 is 4.79 Å². The number of hydrogen-bond acceptors (Lipinski definition) is 2. The molecule has 0 spiro atoms. The summed E-state index contributed by atoms with van der Waals surface area (Å²) in [6, 6.07) is 1.89. The van der Waals surface area contributed by atoms with Crippen LogP contribution in [0.5, 0.6) is 0 Å². The summed E-state index contributed by atoms with van der Waals surface area (Å²) in [5.74, 6) is 0.495. The molecule has 1 fully saturated rings. The van der Waals surface area contributed by atoms with Crippen LogP contribution in [0.25, 0.3) is 0 Å². The molecule has 2 atom stereocenters. The highest BCUT2D eigenvalue weighted by Gasteiger charge is 2.21. The van der Waals surface area contributed by atoms with Crippen molar-refractivity contribution in [3.05, 3.63) is 17.5 Å². The number of halogens is 1. The van der Waals surface area contributed by atoms with E-state index in [2.05, 4.69) is 10.4 Å². The lowest BCUT2D eigenvalue weighted by molar-refractivity contribution is 0.0933. The Kier molecular flexibility index (Phi) is 5.46. The Labute approximate surface area is 125 Å². The van der Waals surface area contributed by atoms with E-state index in [0.29, 0.717) is 11.6 Å². The summed E-state index contributed by atoms with van der Waals surface area (Å²) in [4.78, 5) is 12.3. The molecule has 0 saturated heterocycles. The molecule has 1 aliphatic rings. The van der Waals surface area contributed by atoms with Crippen molar-refractivity contribution in [2.45, 2.75) is 57.9 Å². The summed E-state index contributed by atoms with van der Waals surface area (Å²) in [7, 11) is 0. The standard InChI is InChI=1S/C15H24ClN3O/c1-3-13-9-14(19(4-2)18-13)15(20)17-10-11-6-5-7-12(16)8-11/h9,11-12H,3-8,10H2,1-2H3,(H,17,20). The minimum absolute atomic E-state index is 0.0178. The van der Waals surface area contributed by atoms with Gasteiger partial charge in [0.1, 0.15) is 5.69 Å². The Morgan fingerprint density at radius 3 is 2.95 bits per heavy atom. The fraction of sp³-hybridized carbons (Fsp3) is 0.733. The van der Waals surface area contributed by atoms with Crippen molar-refractivity contribution in [2.24, 2.45) is 5.92 Å². The fourth-order valence-electron chi connectivity index (χ4n) is 2.81. The zero-order chi connectivity index (χ0) is 14.5. The van der Waals surface area contributed by atoms with Crippen LogP contribution < -0.4 is 5.32 Å². The van der Waals surface area contributed by atoms with Gasteiger partial charge in [0.25, 0.3) is 5.91 Å². The second kappa shape index (κ2) is 7.11. The van der Waals surface area contributed by atoms with Crippen LogP contribution in [0.4, 0.5) is 0 Å². The Hall–Kier alpha value is -1.03. The van der Waals surface area contributed by atoms with Crippen molar-refractivity contribution in [1.29, 1.82) is 0 Å². The number of carbonyl (C=O) groups excluding carboxylic acids is 1. The van der Waals surface area contributed by atoms with Crippen LogP contribution in [-0.4, -0.2) is 27.6 Å². The highest BCUT2D eigenvalue weighted by Crippen LogP contribution is 2.27. The largest absolute Gasteiger partial charge is 0.350 e. The molecule has 0 aromatic carbocycles. The van der Waals surface area contributed by atoms with Gasteiger partial charge >= 0.3 is 0 Å². The highest BCUT2D eigenvalue weighted by molar-refractivity contribution is 6.20. The maximum Gasteiger partial charge on any atom is 0.269 e. The predicted octanol–water partition coefficient (Wildman–Crippen LogP) is 2.99. The third-order valence-electron chi connectivity index (χ3n) is 4.00. The number of nitrogens with zero attached hydrogens (tertiary/aromatic N) is 2. The van der Waals surface area contributed by atoms with E-state index in [-0.39, 0.29) is 11.3 Å². The first-order chi connectivity index (χ1) is 9.63. The first kappa shape index (κ1) is 15.4. The van der Waals surface area contributed by atoms with Gasteiger partial charge in [0.2, 0.25) is 0 Å². The number of rotatable bonds is 5. The summed E-state index contributed by atoms with van der Waals surface area (Å²) in [6.45, 7) is 5.49. The first-order valence-electron chi connectivity index (χ1n) is 7.63. The highest BCUT2D eigenvalue weighted by atomic mass is 35.5. The van der Waals surface area contributed by atoms with E-state index in [0.717, 1.165) is 44.5 Å². The molecule has 5 heteroatoms. The van der Waals surface area contributed by atoms with Gasteiger partial charge in [-0.3, -0.25) is 9.48 Å². The molecule has 1 saturated carbocycles. The van der Waals surface area contributed by atoms with Crippen LogP contribution in [0.15, 0.2) is 6.07 Å². The molecule has 1 heterocycles. The lowest BCUT2D eigenvalue weighted by atomic mass is 9.89. The SMILES string of the molecule is CCc1cc(C(=O)NCC2CCCC(Cl)C2)n(CC)n1. The lowest BCUT2D eigenvalue weighted by Gasteiger charge is -2.25.